The first-order chi connectivity index (χ1) is 8.58. The predicted octanol–water partition coefficient (Wildman–Crippen LogP) is -1.81. The minimum atomic E-state index is -0.840. The summed E-state index contributed by atoms with van der Waals surface area (Å²) in [5.41, 5.74) is 5.02. The fourth-order valence-electron chi connectivity index (χ4n) is 2.22. The second-order valence-corrected chi connectivity index (χ2v) is 4.24. The number of primary amides is 1. The van der Waals surface area contributed by atoms with Crippen LogP contribution in [0.25, 0.3) is 0 Å². The molecule has 0 aromatic rings. The monoisotopic (exact) mass is 261 g/mol. The van der Waals surface area contributed by atoms with E-state index in [-0.39, 0.29) is 31.1 Å². The molecule has 0 saturated carbocycles. The molecule has 2 rings (SSSR count). The molecule has 1 amide bonds. The first-order valence-electron chi connectivity index (χ1n) is 5.64. The average Bonchev–Trinajstić information content (AvgIpc) is 2.82. The molecule has 2 heterocycles. The molecule has 102 valence electrons. The van der Waals surface area contributed by atoms with Gasteiger partial charge in [0.1, 0.15) is 12.2 Å². The Labute approximate surface area is 103 Å². The molecule has 2 aliphatic rings. The smallest absolute Gasteiger partial charge is 0.294 e. The van der Waals surface area contributed by atoms with E-state index in [1.54, 1.807) is 0 Å². The zero-order valence-electron chi connectivity index (χ0n) is 9.61. The van der Waals surface area contributed by atoms with E-state index in [0.29, 0.717) is 13.2 Å². The largest absolute Gasteiger partial charge is 0.371 e. The van der Waals surface area contributed by atoms with Gasteiger partial charge in [0.2, 0.25) is 5.91 Å². The van der Waals surface area contributed by atoms with Crippen molar-refractivity contribution in [3.63, 3.8) is 0 Å². The summed E-state index contributed by atoms with van der Waals surface area (Å²) in [7, 11) is 0. The second-order valence-electron chi connectivity index (χ2n) is 4.24. The third-order valence-electron chi connectivity index (χ3n) is 3.01. The van der Waals surface area contributed by atoms with Crippen LogP contribution in [-0.2, 0) is 19.1 Å². The van der Waals surface area contributed by atoms with Crippen molar-refractivity contribution in [1.29, 1.82) is 0 Å². The van der Waals surface area contributed by atoms with Crippen LogP contribution in [-0.4, -0.2) is 55.1 Å². The Morgan fingerprint density at radius 2 is 2.17 bits per heavy atom. The quantitative estimate of drug-likeness (QED) is 0.426. The summed E-state index contributed by atoms with van der Waals surface area (Å²) < 4.78 is 10.9. The van der Waals surface area contributed by atoms with Gasteiger partial charge in [0.25, 0.3) is 5.09 Å². The fraction of sp³-hybridized carbons (Fsp3) is 0.889. The Morgan fingerprint density at radius 1 is 1.44 bits per heavy atom. The summed E-state index contributed by atoms with van der Waals surface area (Å²) in [4.78, 5) is 25.4. The SMILES string of the molecule is NC(=O)CCNC1COC2C(O[N+](=O)[O-])COC12. The molecule has 0 spiro atoms. The van der Waals surface area contributed by atoms with E-state index in [1.807, 2.05) is 0 Å². The van der Waals surface area contributed by atoms with E-state index < -0.39 is 17.3 Å². The number of nitrogens with two attached hydrogens (primary N) is 1. The number of nitrogens with zero attached hydrogens (tertiary/aromatic N) is 1. The van der Waals surface area contributed by atoms with Crippen molar-refractivity contribution in [2.24, 2.45) is 5.73 Å². The van der Waals surface area contributed by atoms with E-state index in [2.05, 4.69) is 10.2 Å². The molecular weight excluding hydrogens is 246 g/mol. The average molecular weight is 261 g/mol. The molecule has 4 atom stereocenters. The van der Waals surface area contributed by atoms with Crippen molar-refractivity contribution in [2.45, 2.75) is 30.8 Å². The van der Waals surface area contributed by atoms with Crippen molar-refractivity contribution in [2.75, 3.05) is 19.8 Å². The van der Waals surface area contributed by atoms with E-state index in [1.165, 1.54) is 0 Å². The van der Waals surface area contributed by atoms with E-state index in [4.69, 9.17) is 15.2 Å². The van der Waals surface area contributed by atoms with Gasteiger partial charge in [-0.1, -0.05) is 0 Å². The highest BCUT2D eigenvalue weighted by atomic mass is 17.0. The first-order valence-corrected chi connectivity index (χ1v) is 5.64. The number of nitrogens with one attached hydrogen (secondary N) is 1. The molecule has 4 unspecified atom stereocenters. The van der Waals surface area contributed by atoms with Gasteiger partial charge in [-0.2, -0.15) is 0 Å². The maximum absolute atomic E-state index is 10.6. The van der Waals surface area contributed by atoms with Crippen molar-refractivity contribution in [1.82, 2.24) is 5.32 Å². The van der Waals surface area contributed by atoms with E-state index in [9.17, 15) is 14.9 Å². The number of carbonyl (C=O) groups is 1. The minimum Gasteiger partial charge on any atom is -0.371 e. The Kier molecular flexibility index (Phi) is 3.94. The lowest BCUT2D eigenvalue weighted by atomic mass is 10.1. The van der Waals surface area contributed by atoms with Crippen molar-refractivity contribution < 1.29 is 24.2 Å². The normalized spacial score (nSPS) is 34.2. The Morgan fingerprint density at radius 3 is 2.83 bits per heavy atom. The number of rotatable bonds is 6. The highest BCUT2D eigenvalue weighted by Gasteiger charge is 2.49. The zero-order valence-corrected chi connectivity index (χ0v) is 9.61. The van der Waals surface area contributed by atoms with Gasteiger partial charge in [-0.15, -0.1) is 10.1 Å². The molecule has 9 nitrogen and oxygen atoms in total. The van der Waals surface area contributed by atoms with Gasteiger partial charge in [-0.05, 0) is 0 Å². The summed E-state index contributed by atoms with van der Waals surface area (Å²) in [5.74, 6) is -0.389. The summed E-state index contributed by atoms with van der Waals surface area (Å²) in [6.07, 6.45) is -1.19. The molecule has 0 aromatic heterocycles. The molecule has 2 aliphatic heterocycles. The number of fused-ring (bicyclic) bond motifs is 1. The molecular formula is C9H15N3O6. The zero-order chi connectivity index (χ0) is 13.1. The number of amides is 1. The van der Waals surface area contributed by atoms with Crippen LogP contribution in [0.15, 0.2) is 0 Å². The summed E-state index contributed by atoms with van der Waals surface area (Å²) >= 11 is 0. The van der Waals surface area contributed by atoms with Crippen LogP contribution in [0, 0.1) is 10.1 Å². The summed E-state index contributed by atoms with van der Waals surface area (Å²) in [6.45, 7) is 0.923. The number of carbonyl (C=O) groups excluding carboxylic acids is 1. The molecule has 2 fully saturated rings. The van der Waals surface area contributed by atoms with E-state index >= 15 is 0 Å². The van der Waals surface area contributed by atoms with Crippen LogP contribution in [0.1, 0.15) is 6.42 Å². The van der Waals surface area contributed by atoms with Gasteiger partial charge in [0, 0.05) is 13.0 Å². The standard InChI is InChI=1S/C9H15N3O6/c10-7(13)1-2-11-5-3-16-9-6(18-12(14)15)4-17-8(5)9/h5-6,8-9,11H,1-4H2,(H2,10,13). The number of hydrogen-bond donors (Lipinski definition) is 2. The van der Waals surface area contributed by atoms with Crippen molar-refractivity contribution in [3.05, 3.63) is 10.1 Å². The summed E-state index contributed by atoms with van der Waals surface area (Å²) in [5, 5.41) is 12.5. The van der Waals surface area contributed by atoms with Gasteiger partial charge in [0.05, 0.1) is 19.3 Å². The second kappa shape index (κ2) is 5.46. The molecule has 3 N–H and O–H groups in total. The third kappa shape index (κ3) is 2.86. The van der Waals surface area contributed by atoms with Crippen LogP contribution in [0.2, 0.25) is 0 Å². The topological polar surface area (TPSA) is 126 Å². The van der Waals surface area contributed by atoms with Gasteiger partial charge < -0.3 is 25.4 Å². The van der Waals surface area contributed by atoms with Crippen LogP contribution >= 0.6 is 0 Å². The Bertz CT molecular complexity index is 338. The molecule has 0 radical (unpaired) electrons. The molecule has 18 heavy (non-hydrogen) atoms. The highest BCUT2D eigenvalue weighted by molar-refractivity contribution is 5.73. The molecule has 0 aromatic carbocycles. The third-order valence-corrected chi connectivity index (χ3v) is 3.01. The van der Waals surface area contributed by atoms with Crippen LogP contribution in [0.3, 0.4) is 0 Å². The molecule has 9 heteroatoms. The van der Waals surface area contributed by atoms with Gasteiger partial charge >= 0.3 is 0 Å². The highest BCUT2D eigenvalue weighted by Crippen LogP contribution is 2.28. The van der Waals surface area contributed by atoms with Gasteiger partial charge in [-0.3, -0.25) is 4.79 Å². The van der Waals surface area contributed by atoms with Crippen molar-refractivity contribution in [3.8, 4) is 0 Å². The minimum absolute atomic E-state index is 0.102. The lowest BCUT2D eigenvalue weighted by Gasteiger charge is -2.16. The number of ether oxygens (including phenoxy) is 2. The Hall–Kier alpha value is -1.45. The maximum Gasteiger partial charge on any atom is 0.294 e. The van der Waals surface area contributed by atoms with Crippen LogP contribution in [0.5, 0.6) is 0 Å². The van der Waals surface area contributed by atoms with Crippen LogP contribution in [0.4, 0.5) is 0 Å². The molecule has 2 saturated heterocycles. The molecule has 0 aliphatic carbocycles. The lowest BCUT2D eigenvalue weighted by molar-refractivity contribution is -0.769. The van der Waals surface area contributed by atoms with Gasteiger partial charge in [-0.25, -0.2) is 0 Å². The predicted molar refractivity (Wildman–Crippen MR) is 56.9 cm³/mol. The Balaban J connectivity index is 1.81. The fourth-order valence-corrected chi connectivity index (χ4v) is 2.22. The van der Waals surface area contributed by atoms with Crippen LogP contribution < -0.4 is 11.1 Å². The molecule has 0 bridgehead atoms. The maximum atomic E-state index is 10.6. The first kappa shape index (κ1) is 13.0. The van der Waals surface area contributed by atoms with Gasteiger partial charge in [0.15, 0.2) is 6.10 Å². The van der Waals surface area contributed by atoms with E-state index in [0.717, 1.165) is 0 Å². The summed E-state index contributed by atoms with van der Waals surface area (Å²) in [6, 6.07) is -0.102. The lowest BCUT2D eigenvalue weighted by Crippen LogP contribution is -2.42. The number of hydrogen-bond acceptors (Lipinski definition) is 7. The van der Waals surface area contributed by atoms with Crippen molar-refractivity contribution >= 4 is 5.91 Å².